The lowest BCUT2D eigenvalue weighted by Gasteiger charge is -2.21. The van der Waals surface area contributed by atoms with Crippen LogP contribution in [0.15, 0.2) is 152 Å². The van der Waals surface area contributed by atoms with Gasteiger partial charge in [0.25, 0.3) is 0 Å². The Morgan fingerprint density at radius 1 is 0.283 bits per heavy atom. The van der Waals surface area contributed by atoms with Crippen LogP contribution in [0.4, 0.5) is 0 Å². The Labute approximate surface area is 307 Å². The maximum absolute atomic E-state index is 10.9. The van der Waals surface area contributed by atoms with Gasteiger partial charge in [-0.25, -0.2) is 0 Å². The predicted octanol–water partition coefficient (Wildman–Crippen LogP) is 10.3. The highest BCUT2D eigenvalue weighted by Gasteiger charge is 2.22. The van der Waals surface area contributed by atoms with Crippen molar-refractivity contribution in [2.45, 2.75) is 0 Å². The van der Waals surface area contributed by atoms with Gasteiger partial charge in [-0.3, -0.25) is 0 Å². The first-order valence-electron chi connectivity index (χ1n) is 17.5. The minimum atomic E-state index is -0.751. The Balaban J connectivity index is 1.40. The van der Waals surface area contributed by atoms with Crippen LogP contribution in [-0.4, -0.2) is 31.0 Å². The van der Waals surface area contributed by atoms with E-state index in [0.717, 1.165) is 86.9 Å². The van der Waals surface area contributed by atoms with Gasteiger partial charge < -0.3 is 15.3 Å². The quantitative estimate of drug-likeness (QED) is 0.0757. The van der Waals surface area contributed by atoms with E-state index in [2.05, 4.69) is 140 Å². The predicted molar refractivity (Wildman–Crippen MR) is 224 cm³/mol. The van der Waals surface area contributed by atoms with E-state index in [-0.39, 0.29) is 16.5 Å². The molecule has 5 heteroatoms. The summed E-state index contributed by atoms with van der Waals surface area (Å²) in [7, 11) is 13.1. The van der Waals surface area contributed by atoms with Crippen molar-refractivity contribution < 1.29 is 15.3 Å². The summed E-state index contributed by atoms with van der Waals surface area (Å²) in [5.41, 5.74) is 4.46. The molecule has 0 saturated heterocycles. The molecule has 0 aliphatic carbocycles. The molecule has 0 unspecified atom stereocenters. The molecule has 4 radical (unpaired) electrons. The van der Waals surface area contributed by atoms with Crippen molar-refractivity contribution in [1.82, 2.24) is 0 Å². The first-order chi connectivity index (χ1) is 25.9. The van der Waals surface area contributed by atoms with Gasteiger partial charge in [-0.15, -0.1) is 0 Å². The molecular formula is C48H28B2O3. The molecule has 0 aliphatic heterocycles. The molecule has 0 spiro atoms. The van der Waals surface area contributed by atoms with Crippen LogP contribution in [0.1, 0.15) is 0 Å². The van der Waals surface area contributed by atoms with Gasteiger partial charge in [-0.1, -0.05) is 121 Å². The van der Waals surface area contributed by atoms with Crippen molar-refractivity contribution in [1.29, 1.82) is 0 Å². The second kappa shape index (κ2) is 11.7. The Morgan fingerprint density at radius 2 is 0.642 bits per heavy atom. The van der Waals surface area contributed by atoms with Crippen LogP contribution in [-0.2, 0) is 0 Å². The van der Waals surface area contributed by atoms with Crippen LogP contribution in [0.5, 0.6) is 17.2 Å². The first kappa shape index (κ1) is 31.1. The zero-order valence-electron chi connectivity index (χ0n) is 28.4. The largest absolute Gasteiger partial charge is 0.505 e. The Morgan fingerprint density at radius 3 is 1.08 bits per heavy atom. The van der Waals surface area contributed by atoms with E-state index in [0.29, 0.717) is 5.56 Å². The molecule has 10 aromatic carbocycles. The van der Waals surface area contributed by atoms with Crippen molar-refractivity contribution in [3.8, 4) is 50.6 Å². The third kappa shape index (κ3) is 4.64. The number of fused-ring (bicyclic) bond motifs is 8. The molecule has 3 N–H and O–H groups in total. The third-order valence-corrected chi connectivity index (χ3v) is 10.8. The molecule has 0 saturated carbocycles. The van der Waals surface area contributed by atoms with Crippen molar-refractivity contribution in [2.24, 2.45) is 0 Å². The second-order valence-corrected chi connectivity index (χ2v) is 13.8. The summed E-state index contributed by atoms with van der Waals surface area (Å²) in [5, 5.41) is 45.7. The molecular weight excluding hydrogens is 646 g/mol. The van der Waals surface area contributed by atoms with Crippen molar-refractivity contribution in [2.75, 3.05) is 0 Å². The van der Waals surface area contributed by atoms with Crippen LogP contribution in [0.3, 0.4) is 0 Å². The molecule has 10 aromatic rings. The molecule has 0 fully saturated rings. The van der Waals surface area contributed by atoms with Crippen molar-refractivity contribution in [3.05, 3.63) is 152 Å². The van der Waals surface area contributed by atoms with E-state index in [1.807, 2.05) is 12.1 Å². The van der Waals surface area contributed by atoms with Crippen LogP contribution in [0.2, 0.25) is 0 Å². The van der Waals surface area contributed by atoms with Crippen LogP contribution >= 0.6 is 0 Å². The van der Waals surface area contributed by atoms with Crippen LogP contribution in [0, 0.1) is 0 Å². The van der Waals surface area contributed by atoms with Crippen LogP contribution < -0.4 is 10.9 Å². The minimum absolute atomic E-state index is 0.122. The Kier molecular flexibility index (Phi) is 6.83. The summed E-state index contributed by atoms with van der Waals surface area (Å²) < 4.78 is 0. The van der Waals surface area contributed by atoms with Crippen molar-refractivity contribution in [3.63, 3.8) is 0 Å². The number of hydrogen-bond acceptors (Lipinski definition) is 3. The highest BCUT2D eigenvalue weighted by atomic mass is 16.3. The first-order valence-corrected chi connectivity index (χ1v) is 17.5. The summed E-state index contributed by atoms with van der Waals surface area (Å²) >= 11 is 0. The average Bonchev–Trinajstić information content (AvgIpc) is 3.20. The smallest absolute Gasteiger partial charge is 0.199 e. The van der Waals surface area contributed by atoms with Gasteiger partial charge in [0.05, 0.1) is 0 Å². The van der Waals surface area contributed by atoms with Gasteiger partial charge in [-0.2, -0.15) is 0 Å². The average molecular weight is 674 g/mol. The second-order valence-electron chi connectivity index (χ2n) is 13.8. The van der Waals surface area contributed by atoms with E-state index < -0.39 is 17.2 Å². The van der Waals surface area contributed by atoms with Gasteiger partial charge >= 0.3 is 0 Å². The van der Waals surface area contributed by atoms with Gasteiger partial charge in [0.1, 0.15) is 15.7 Å². The zero-order valence-corrected chi connectivity index (χ0v) is 28.4. The van der Waals surface area contributed by atoms with E-state index in [4.69, 9.17) is 15.7 Å². The number of phenolic OH excluding ortho intramolecular Hbond substituents is 3. The lowest BCUT2D eigenvalue weighted by molar-refractivity contribution is 0.372. The Bertz CT molecular complexity index is 2980. The maximum Gasteiger partial charge on any atom is 0.199 e. The Hall–Kier alpha value is -6.71. The molecule has 0 aliphatic rings. The third-order valence-electron chi connectivity index (χ3n) is 10.8. The highest BCUT2D eigenvalue weighted by molar-refractivity contribution is 6.47. The number of aromatic hydroxyl groups is 3. The van der Waals surface area contributed by atoms with E-state index in [9.17, 15) is 15.3 Å². The van der Waals surface area contributed by atoms with E-state index in [1.54, 1.807) is 0 Å². The molecule has 0 atom stereocenters. The van der Waals surface area contributed by atoms with Crippen LogP contribution in [0.25, 0.3) is 98.0 Å². The van der Waals surface area contributed by atoms with E-state index >= 15 is 0 Å². The van der Waals surface area contributed by atoms with Gasteiger partial charge in [0.15, 0.2) is 17.2 Å². The number of benzene rings is 10. The summed E-state index contributed by atoms with van der Waals surface area (Å²) in [6.07, 6.45) is 0. The molecule has 0 aromatic heterocycles. The SMILES string of the molecule is [B]c1c(O)c(O)c(O)c([B])c1-c1cc(-c2c3ccccc3cc3c2ccc2ccccc23)cc(-c2c3ccccc3cc3c2ccc2ccccc23)c1. The number of rotatable bonds is 3. The molecule has 0 bridgehead atoms. The van der Waals surface area contributed by atoms with Gasteiger partial charge in [0, 0.05) is 0 Å². The minimum Gasteiger partial charge on any atom is -0.505 e. The molecule has 0 heterocycles. The highest BCUT2D eigenvalue weighted by Crippen LogP contribution is 2.46. The monoisotopic (exact) mass is 674 g/mol. The molecule has 53 heavy (non-hydrogen) atoms. The number of phenols is 3. The molecule has 10 rings (SSSR count). The van der Waals surface area contributed by atoms with Crippen molar-refractivity contribution >= 4 is 91.3 Å². The fraction of sp³-hybridized carbons (Fsp3) is 0. The summed E-state index contributed by atoms with van der Waals surface area (Å²) in [6.45, 7) is 0. The summed E-state index contributed by atoms with van der Waals surface area (Å²) in [6, 6.07) is 53.1. The number of hydrogen-bond donors (Lipinski definition) is 3. The fourth-order valence-electron chi connectivity index (χ4n) is 8.38. The van der Waals surface area contributed by atoms with Gasteiger partial charge in [-0.05, 0) is 139 Å². The fourth-order valence-corrected chi connectivity index (χ4v) is 8.38. The van der Waals surface area contributed by atoms with Gasteiger partial charge in [0.2, 0.25) is 0 Å². The lowest BCUT2D eigenvalue weighted by Crippen LogP contribution is -2.20. The standard InChI is InChI=1S/C48H28B2O3/c49-44-43(45(50)47(52)48(53)46(44)51)32-22-30(41-35-15-7-3-11-28(35)24-39-33-13-5-1-9-26(33)17-19-37(39)41)21-31(23-32)42-36-16-8-4-12-29(36)25-40-34-14-6-2-10-27(34)18-20-38(40)42/h1-25,51-53H. The molecule has 0 amide bonds. The van der Waals surface area contributed by atoms with E-state index in [1.165, 1.54) is 0 Å². The lowest BCUT2D eigenvalue weighted by atomic mass is 9.75. The normalized spacial score (nSPS) is 11.8. The summed E-state index contributed by atoms with van der Waals surface area (Å²) in [4.78, 5) is 0. The molecule has 3 nitrogen and oxygen atoms in total. The summed E-state index contributed by atoms with van der Waals surface area (Å²) in [5.74, 6) is -2.00. The zero-order chi connectivity index (χ0) is 36.0. The topological polar surface area (TPSA) is 60.7 Å². The maximum atomic E-state index is 10.9. The molecule has 244 valence electrons.